The van der Waals surface area contributed by atoms with E-state index in [1.807, 2.05) is 0 Å². The summed E-state index contributed by atoms with van der Waals surface area (Å²) in [4.78, 5) is 0. The second-order valence-corrected chi connectivity index (χ2v) is 2.01. The fourth-order valence-corrected chi connectivity index (χ4v) is 0.317. The first-order valence-corrected chi connectivity index (χ1v) is 3.46. The summed E-state index contributed by atoms with van der Waals surface area (Å²) < 4.78 is 0. The molecule has 0 radical (unpaired) electrons. The van der Waals surface area contributed by atoms with E-state index >= 15 is 0 Å². The van der Waals surface area contributed by atoms with Gasteiger partial charge in [-0.05, 0) is 12.8 Å². The van der Waals surface area contributed by atoms with Crippen LogP contribution < -0.4 is 0 Å². The van der Waals surface area contributed by atoms with Crippen LogP contribution in [0.2, 0.25) is 0 Å². The minimum atomic E-state index is -0.763. The fourth-order valence-electron chi connectivity index (χ4n) is 0.317. The highest BCUT2D eigenvalue weighted by atomic mass is 16.3. The molecule has 10 heavy (non-hydrogen) atoms. The molecule has 4 heteroatoms. The molecule has 60 valence electrons. The number of nitrogens with zero attached hydrogens (tertiary/aromatic N) is 2. The monoisotopic (exact) mass is 146 g/mol. The Labute approximate surface area is 60.6 Å². The summed E-state index contributed by atoms with van der Waals surface area (Å²) in [6.45, 7) is 3.59. The summed E-state index contributed by atoms with van der Waals surface area (Å²) in [5.41, 5.74) is 0. The van der Waals surface area contributed by atoms with Crippen LogP contribution in [-0.4, -0.2) is 22.7 Å². The van der Waals surface area contributed by atoms with Gasteiger partial charge in [-0.3, -0.25) is 0 Å². The van der Waals surface area contributed by atoms with Crippen molar-refractivity contribution in [1.29, 1.82) is 0 Å². The molecule has 2 N–H and O–H groups in total. The lowest BCUT2D eigenvalue weighted by Crippen LogP contribution is -2.03. The molecule has 0 aliphatic heterocycles. The van der Waals surface area contributed by atoms with Gasteiger partial charge in [-0.25, -0.2) is 0 Å². The Balaban J connectivity index is 3.52. The van der Waals surface area contributed by atoms with E-state index in [-0.39, 0.29) is 0 Å². The molecule has 0 rings (SSSR count). The van der Waals surface area contributed by atoms with Gasteiger partial charge >= 0.3 is 0 Å². The third-order valence-electron chi connectivity index (χ3n) is 1.06. The summed E-state index contributed by atoms with van der Waals surface area (Å²) >= 11 is 0. The van der Waals surface area contributed by atoms with E-state index in [1.165, 1.54) is 0 Å². The smallest absolute Gasteiger partial charge is 0.165 e. The molecule has 2 atom stereocenters. The molecule has 0 heterocycles. The van der Waals surface area contributed by atoms with Gasteiger partial charge in [0.1, 0.15) is 0 Å². The average Bonchev–Trinajstić information content (AvgIpc) is 1.99. The highest BCUT2D eigenvalue weighted by molar-refractivity contribution is 4.46. The molecule has 0 aromatic rings. The van der Waals surface area contributed by atoms with Gasteiger partial charge in [-0.2, -0.15) is 10.2 Å². The Morgan fingerprint density at radius 3 is 1.50 bits per heavy atom. The standard InChI is InChI=1S/C6H14N2O2/c1-3-5(9)7-8-6(10)4-2/h5-6,9-10H,3-4H2,1-2H3/b8-7+. The minimum absolute atomic E-state index is 0.528. The molecule has 0 amide bonds. The first kappa shape index (κ1) is 9.52. The van der Waals surface area contributed by atoms with Gasteiger partial charge in [0, 0.05) is 0 Å². The van der Waals surface area contributed by atoms with E-state index in [2.05, 4.69) is 10.2 Å². The maximum Gasteiger partial charge on any atom is 0.165 e. The molecule has 0 bridgehead atoms. The van der Waals surface area contributed by atoms with Crippen molar-refractivity contribution in [3.8, 4) is 0 Å². The lowest BCUT2D eigenvalue weighted by atomic mass is 10.4. The van der Waals surface area contributed by atoms with Crippen LogP contribution in [0.25, 0.3) is 0 Å². The van der Waals surface area contributed by atoms with Gasteiger partial charge in [-0.1, -0.05) is 13.8 Å². The van der Waals surface area contributed by atoms with Crippen LogP contribution in [0.5, 0.6) is 0 Å². The number of hydrogen-bond acceptors (Lipinski definition) is 4. The average molecular weight is 146 g/mol. The van der Waals surface area contributed by atoms with Gasteiger partial charge in [0.25, 0.3) is 0 Å². The minimum Gasteiger partial charge on any atom is -0.370 e. The van der Waals surface area contributed by atoms with E-state index in [4.69, 9.17) is 10.2 Å². The third kappa shape index (κ3) is 4.40. The van der Waals surface area contributed by atoms with Crippen molar-refractivity contribution in [3.63, 3.8) is 0 Å². The molecule has 0 saturated heterocycles. The maximum absolute atomic E-state index is 8.83. The molecular weight excluding hydrogens is 132 g/mol. The molecule has 0 saturated carbocycles. The quantitative estimate of drug-likeness (QED) is 0.578. The van der Waals surface area contributed by atoms with Gasteiger partial charge in [-0.15, -0.1) is 0 Å². The SMILES string of the molecule is CCC(O)/N=N/C(O)CC. The van der Waals surface area contributed by atoms with Gasteiger partial charge in [0.2, 0.25) is 0 Å². The van der Waals surface area contributed by atoms with Crippen LogP contribution in [0.3, 0.4) is 0 Å². The van der Waals surface area contributed by atoms with E-state index in [1.54, 1.807) is 13.8 Å². The van der Waals surface area contributed by atoms with Crippen LogP contribution in [0.15, 0.2) is 10.2 Å². The van der Waals surface area contributed by atoms with Gasteiger partial charge in [0.15, 0.2) is 12.5 Å². The first-order valence-electron chi connectivity index (χ1n) is 3.46. The molecule has 0 fully saturated rings. The number of aliphatic hydroxyl groups is 2. The topological polar surface area (TPSA) is 65.2 Å². The van der Waals surface area contributed by atoms with Gasteiger partial charge in [0.05, 0.1) is 0 Å². The lowest BCUT2D eigenvalue weighted by molar-refractivity contribution is 0.135. The first-order chi connectivity index (χ1) is 4.70. The normalized spacial score (nSPS) is 17.6. The predicted octanol–water partition coefficient (Wildman–Crippen LogP) is 0.895. The van der Waals surface area contributed by atoms with E-state index in [9.17, 15) is 0 Å². The molecule has 2 unspecified atom stereocenters. The van der Waals surface area contributed by atoms with Crippen molar-refractivity contribution in [2.24, 2.45) is 10.2 Å². The Kier molecular flexibility index (Phi) is 5.06. The van der Waals surface area contributed by atoms with Crippen LogP contribution in [0.4, 0.5) is 0 Å². The number of azo groups is 1. The van der Waals surface area contributed by atoms with Crippen LogP contribution in [0.1, 0.15) is 26.7 Å². The molecule has 0 aromatic carbocycles. The van der Waals surface area contributed by atoms with E-state index in [0.29, 0.717) is 12.8 Å². The zero-order chi connectivity index (χ0) is 7.98. The second kappa shape index (κ2) is 5.32. The Morgan fingerprint density at radius 2 is 1.30 bits per heavy atom. The largest absolute Gasteiger partial charge is 0.370 e. The summed E-state index contributed by atoms with van der Waals surface area (Å²) in [5.74, 6) is 0. The predicted molar refractivity (Wildman–Crippen MR) is 37.5 cm³/mol. The van der Waals surface area contributed by atoms with Crippen molar-refractivity contribution >= 4 is 0 Å². The van der Waals surface area contributed by atoms with Crippen molar-refractivity contribution < 1.29 is 10.2 Å². The van der Waals surface area contributed by atoms with Crippen molar-refractivity contribution in [2.45, 2.75) is 39.1 Å². The molecule has 0 spiro atoms. The second-order valence-electron chi connectivity index (χ2n) is 2.01. The molecule has 4 nitrogen and oxygen atoms in total. The maximum atomic E-state index is 8.83. The molecular formula is C6H14N2O2. The molecule has 0 aliphatic carbocycles. The highest BCUT2D eigenvalue weighted by Gasteiger charge is 1.98. The van der Waals surface area contributed by atoms with Crippen molar-refractivity contribution in [1.82, 2.24) is 0 Å². The van der Waals surface area contributed by atoms with E-state index < -0.39 is 12.5 Å². The van der Waals surface area contributed by atoms with Crippen molar-refractivity contribution in [3.05, 3.63) is 0 Å². The van der Waals surface area contributed by atoms with Crippen molar-refractivity contribution in [2.75, 3.05) is 0 Å². The van der Waals surface area contributed by atoms with Crippen LogP contribution in [-0.2, 0) is 0 Å². The molecule has 0 aromatic heterocycles. The zero-order valence-electron chi connectivity index (χ0n) is 6.36. The number of hydrogen-bond donors (Lipinski definition) is 2. The Hall–Kier alpha value is -0.480. The summed E-state index contributed by atoms with van der Waals surface area (Å²) in [6, 6.07) is 0. The van der Waals surface area contributed by atoms with E-state index in [0.717, 1.165) is 0 Å². The summed E-state index contributed by atoms with van der Waals surface area (Å²) in [7, 11) is 0. The van der Waals surface area contributed by atoms with Gasteiger partial charge < -0.3 is 10.2 Å². The van der Waals surface area contributed by atoms with Crippen LogP contribution >= 0.6 is 0 Å². The molecule has 0 aliphatic rings. The number of aliphatic hydroxyl groups excluding tert-OH is 2. The van der Waals surface area contributed by atoms with Crippen LogP contribution in [0, 0.1) is 0 Å². The summed E-state index contributed by atoms with van der Waals surface area (Å²) in [5, 5.41) is 24.5. The Morgan fingerprint density at radius 1 is 1.00 bits per heavy atom. The zero-order valence-corrected chi connectivity index (χ0v) is 6.36. The highest BCUT2D eigenvalue weighted by Crippen LogP contribution is 1.97. The fraction of sp³-hybridized carbons (Fsp3) is 1.00. The summed E-state index contributed by atoms with van der Waals surface area (Å²) in [6.07, 6.45) is -0.470. The number of rotatable bonds is 4. The lowest BCUT2D eigenvalue weighted by Gasteiger charge is -2.00. The third-order valence-corrected chi connectivity index (χ3v) is 1.06. The Bertz CT molecular complexity index is 93.9.